The average Bonchev–Trinajstić information content (AvgIpc) is 2.61. The topological polar surface area (TPSA) is 69.7 Å². The number of nitrogens with zero attached hydrogens (tertiary/aromatic N) is 2. The van der Waals surface area contributed by atoms with Gasteiger partial charge in [-0.25, -0.2) is 8.42 Å². The summed E-state index contributed by atoms with van der Waals surface area (Å²) in [6.07, 6.45) is 1.61. The summed E-state index contributed by atoms with van der Waals surface area (Å²) in [5.74, 6) is -0.103. The molecule has 0 aliphatic carbocycles. The van der Waals surface area contributed by atoms with E-state index in [1.165, 1.54) is 16.4 Å². The van der Waals surface area contributed by atoms with Gasteiger partial charge in [-0.1, -0.05) is 29.3 Å². The average molecular weight is 406 g/mol. The molecule has 0 spiro atoms. The number of halogens is 2. The van der Waals surface area contributed by atoms with Crippen LogP contribution in [-0.2, 0) is 14.8 Å². The summed E-state index contributed by atoms with van der Waals surface area (Å²) < 4.78 is 26.9. The minimum Gasteiger partial charge on any atom is -0.351 e. The number of piperazine rings is 1. The first-order valence-corrected chi connectivity index (χ1v) is 10.0. The van der Waals surface area contributed by atoms with Crippen molar-refractivity contribution >= 4 is 39.1 Å². The lowest BCUT2D eigenvalue weighted by molar-refractivity contribution is -0.126. The number of rotatable bonds is 6. The second-order valence-electron chi connectivity index (χ2n) is 5.72. The third kappa shape index (κ3) is 4.74. The van der Waals surface area contributed by atoms with Gasteiger partial charge in [0.05, 0.1) is 11.1 Å². The van der Waals surface area contributed by atoms with Crippen molar-refractivity contribution in [2.75, 3.05) is 32.7 Å². The van der Waals surface area contributed by atoms with Crippen molar-refractivity contribution in [1.29, 1.82) is 0 Å². The smallest absolute Gasteiger partial charge is 0.244 e. The van der Waals surface area contributed by atoms with Crippen LogP contribution in [-0.4, -0.2) is 62.3 Å². The van der Waals surface area contributed by atoms with Gasteiger partial charge < -0.3 is 5.32 Å². The molecule has 138 valence electrons. The Hall–Kier alpha value is -1.12. The maximum absolute atomic E-state index is 12.8. The zero-order valence-corrected chi connectivity index (χ0v) is 16.2. The summed E-state index contributed by atoms with van der Waals surface area (Å²) in [4.78, 5) is 14.0. The van der Waals surface area contributed by atoms with Gasteiger partial charge in [0, 0.05) is 37.7 Å². The Balaban J connectivity index is 2.05. The van der Waals surface area contributed by atoms with Crippen LogP contribution in [0.25, 0.3) is 0 Å². The number of carbonyl (C=O) groups is 1. The molecule has 1 heterocycles. The number of amides is 1. The zero-order valence-electron chi connectivity index (χ0n) is 13.9. The molecule has 9 heteroatoms. The Morgan fingerprint density at radius 3 is 2.56 bits per heavy atom. The first kappa shape index (κ1) is 20.2. The number of carbonyl (C=O) groups excluding carboxylic acids is 1. The van der Waals surface area contributed by atoms with E-state index < -0.39 is 10.0 Å². The van der Waals surface area contributed by atoms with Gasteiger partial charge in [0.2, 0.25) is 15.9 Å². The molecule has 1 fully saturated rings. The molecule has 0 radical (unpaired) electrons. The lowest BCUT2D eigenvalue weighted by Gasteiger charge is -2.36. The van der Waals surface area contributed by atoms with E-state index in [-0.39, 0.29) is 35.0 Å². The lowest BCUT2D eigenvalue weighted by atomic mass is 10.2. The van der Waals surface area contributed by atoms with Crippen LogP contribution in [0.2, 0.25) is 10.0 Å². The van der Waals surface area contributed by atoms with Crippen molar-refractivity contribution in [2.24, 2.45) is 0 Å². The van der Waals surface area contributed by atoms with Crippen LogP contribution in [0, 0.1) is 0 Å². The Bertz CT molecular complexity index is 747. The molecule has 2 rings (SSSR count). The molecule has 1 atom stereocenters. The van der Waals surface area contributed by atoms with Crippen LogP contribution in [0.15, 0.2) is 35.7 Å². The first-order valence-electron chi connectivity index (χ1n) is 7.85. The van der Waals surface area contributed by atoms with Gasteiger partial charge in [-0.15, -0.1) is 6.58 Å². The number of benzene rings is 1. The van der Waals surface area contributed by atoms with Crippen molar-refractivity contribution in [3.63, 3.8) is 0 Å². The molecule has 1 aromatic carbocycles. The van der Waals surface area contributed by atoms with Crippen molar-refractivity contribution in [1.82, 2.24) is 14.5 Å². The minimum absolute atomic E-state index is 0.00638. The summed E-state index contributed by atoms with van der Waals surface area (Å²) >= 11 is 11.9. The largest absolute Gasteiger partial charge is 0.351 e. The van der Waals surface area contributed by atoms with Crippen LogP contribution in [0.1, 0.15) is 6.92 Å². The van der Waals surface area contributed by atoms with Crippen LogP contribution in [0.4, 0.5) is 0 Å². The monoisotopic (exact) mass is 405 g/mol. The summed E-state index contributed by atoms with van der Waals surface area (Å²) in [5, 5.41) is 3.20. The molecule has 0 unspecified atom stereocenters. The summed E-state index contributed by atoms with van der Waals surface area (Å²) in [5.41, 5.74) is 0. The normalized spacial score (nSPS) is 17.9. The highest BCUT2D eigenvalue weighted by Crippen LogP contribution is 2.28. The van der Waals surface area contributed by atoms with E-state index in [2.05, 4.69) is 11.9 Å². The number of sulfonamides is 1. The molecule has 0 saturated carbocycles. The summed E-state index contributed by atoms with van der Waals surface area (Å²) in [6, 6.07) is 4.04. The molecule has 1 aromatic rings. The molecule has 25 heavy (non-hydrogen) atoms. The number of nitrogens with one attached hydrogen (secondary N) is 1. The molecular formula is C16H21Cl2N3O3S. The second-order valence-corrected chi connectivity index (χ2v) is 8.47. The van der Waals surface area contributed by atoms with E-state index in [1.54, 1.807) is 19.1 Å². The van der Waals surface area contributed by atoms with Crippen LogP contribution in [0.3, 0.4) is 0 Å². The van der Waals surface area contributed by atoms with Crippen molar-refractivity contribution in [3.8, 4) is 0 Å². The fraction of sp³-hybridized carbons (Fsp3) is 0.438. The highest BCUT2D eigenvalue weighted by Gasteiger charge is 2.32. The highest BCUT2D eigenvalue weighted by molar-refractivity contribution is 7.89. The molecule has 1 aliphatic heterocycles. The molecule has 1 aliphatic rings. The molecule has 6 nitrogen and oxygen atoms in total. The highest BCUT2D eigenvalue weighted by atomic mass is 35.5. The van der Waals surface area contributed by atoms with Gasteiger partial charge >= 0.3 is 0 Å². The maximum atomic E-state index is 12.8. The van der Waals surface area contributed by atoms with Crippen molar-refractivity contribution in [2.45, 2.75) is 17.9 Å². The Labute approximate surface area is 158 Å². The maximum Gasteiger partial charge on any atom is 0.244 e. The van der Waals surface area contributed by atoms with E-state index in [9.17, 15) is 13.2 Å². The predicted octanol–water partition coefficient (Wildman–Crippen LogP) is 1.99. The Kier molecular flexibility index (Phi) is 6.87. The van der Waals surface area contributed by atoms with Crippen LogP contribution >= 0.6 is 23.2 Å². The van der Waals surface area contributed by atoms with E-state index in [1.807, 2.05) is 4.90 Å². The fourth-order valence-corrected chi connectivity index (χ4v) is 4.79. The van der Waals surface area contributed by atoms with Crippen LogP contribution < -0.4 is 5.32 Å². The molecule has 1 saturated heterocycles. The SMILES string of the molecule is C=CCNC(=O)[C@H](C)N1CCN(S(=O)(=O)c2cc(Cl)ccc2Cl)CC1. The number of hydrogen-bond acceptors (Lipinski definition) is 4. The van der Waals surface area contributed by atoms with Crippen molar-refractivity contribution < 1.29 is 13.2 Å². The van der Waals surface area contributed by atoms with E-state index in [4.69, 9.17) is 23.2 Å². The summed E-state index contributed by atoms with van der Waals surface area (Å²) in [6.45, 7) is 7.25. The van der Waals surface area contributed by atoms with Gasteiger partial charge in [-0.2, -0.15) is 4.31 Å². The standard InChI is InChI=1S/C16H21Cl2N3O3S/c1-3-6-19-16(22)12(2)20-7-9-21(10-8-20)25(23,24)15-11-13(17)4-5-14(15)18/h3-5,11-12H,1,6-10H2,2H3,(H,19,22)/t12-/m0/s1. The molecular weight excluding hydrogens is 385 g/mol. The van der Waals surface area contributed by atoms with E-state index in [0.717, 1.165) is 0 Å². The summed E-state index contributed by atoms with van der Waals surface area (Å²) in [7, 11) is -3.72. The second kappa shape index (κ2) is 8.51. The molecule has 0 aromatic heterocycles. The first-order chi connectivity index (χ1) is 11.8. The Morgan fingerprint density at radius 1 is 1.32 bits per heavy atom. The predicted molar refractivity (Wildman–Crippen MR) is 99.5 cm³/mol. The quantitative estimate of drug-likeness (QED) is 0.734. The third-order valence-electron chi connectivity index (χ3n) is 4.13. The van der Waals surface area contributed by atoms with Gasteiger partial charge in [-0.3, -0.25) is 9.69 Å². The van der Waals surface area contributed by atoms with Gasteiger partial charge in [0.1, 0.15) is 4.90 Å². The van der Waals surface area contributed by atoms with E-state index >= 15 is 0 Å². The van der Waals surface area contributed by atoms with Gasteiger partial charge in [0.25, 0.3) is 0 Å². The molecule has 0 bridgehead atoms. The number of hydrogen-bond donors (Lipinski definition) is 1. The minimum atomic E-state index is -3.72. The fourth-order valence-electron chi connectivity index (χ4n) is 2.63. The van der Waals surface area contributed by atoms with Crippen molar-refractivity contribution in [3.05, 3.63) is 40.9 Å². The zero-order chi connectivity index (χ0) is 18.6. The molecule has 1 N–H and O–H groups in total. The van der Waals surface area contributed by atoms with Crippen LogP contribution in [0.5, 0.6) is 0 Å². The van der Waals surface area contributed by atoms with Gasteiger partial charge in [-0.05, 0) is 25.1 Å². The lowest BCUT2D eigenvalue weighted by Crippen LogP contribution is -2.54. The third-order valence-corrected chi connectivity index (χ3v) is 6.75. The van der Waals surface area contributed by atoms with E-state index in [0.29, 0.717) is 24.7 Å². The van der Waals surface area contributed by atoms with Gasteiger partial charge in [0.15, 0.2) is 0 Å². The molecule has 1 amide bonds. The Morgan fingerprint density at radius 2 is 1.96 bits per heavy atom.